The molecule has 1 fully saturated rings. The number of amides is 3. The Hall–Kier alpha value is -4.96. The van der Waals surface area contributed by atoms with Crippen LogP contribution < -0.4 is 10.1 Å². The van der Waals surface area contributed by atoms with Gasteiger partial charge in [-0.1, -0.05) is 42.5 Å². The summed E-state index contributed by atoms with van der Waals surface area (Å²) in [5, 5.41) is 2.99. The highest BCUT2D eigenvalue weighted by Gasteiger charge is 2.39. The maximum absolute atomic E-state index is 13.8. The Morgan fingerprint density at radius 3 is 2.49 bits per heavy atom. The minimum absolute atomic E-state index is 0.160. The Kier molecular flexibility index (Phi) is 9.94. The van der Waals surface area contributed by atoms with Crippen molar-refractivity contribution in [1.82, 2.24) is 20.0 Å². The molecule has 0 bridgehead atoms. The zero-order valence-corrected chi connectivity index (χ0v) is 25.4. The highest BCUT2D eigenvalue weighted by Crippen LogP contribution is 2.34. The van der Waals surface area contributed by atoms with Crippen LogP contribution in [0.4, 0.5) is 9.18 Å². The first-order chi connectivity index (χ1) is 21.8. The predicted molar refractivity (Wildman–Crippen MR) is 168 cm³/mol. The number of nitrogens with zero attached hydrogens (tertiary/aromatic N) is 3. The van der Waals surface area contributed by atoms with Gasteiger partial charge in [-0.15, -0.1) is 6.58 Å². The van der Waals surface area contributed by atoms with Gasteiger partial charge in [0.05, 0.1) is 18.2 Å². The highest BCUT2D eigenvalue weighted by atomic mass is 19.1. The normalized spacial score (nSPS) is 18.8. The molecule has 45 heavy (non-hydrogen) atoms. The van der Waals surface area contributed by atoms with Gasteiger partial charge in [-0.2, -0.15) is 0 Å². The number of hydrogen-bond donors (Lipinski definition) is 1. The fourth-order valence-electron chi connectivity index (χ4n) is 5.76. The first-order valence-electron chi connectivity index (χ1n) is 15.0. The molecule has 0 aliphatic carbocycles. The summed E-state index contributed by atoms with van der Waals surface area (Å²) in [6.45, 7) is 9.46. The number of rotatable bonds is 10. The van der Waals surface area contributed by atoms with E-state index in [0.717, 1.165) is 0 Å². The second-order valence-electron chi connectivity index (χ2n) is 10.9. The van der Waals surface area contributed by atoms with Gasteiger partial charge in [-0.3, -0.25) is 14.6 Å². The van der Waals surface area contributed by atoms with Crippen molar-refractivity contribution in [1.29, 1.82) is 0 Å². The third kappa shape index (κ3) is 7.24. The van der Waals surface area contributed by atoms with Crippen molar-refractivity contribution in [3.05, 3.63) is 120 Å². The zero-order valence-electron chi connectivity index (χ0n) is 25.4. The minimum Gasteiger partial charge on any atom is -0.463 e. The molecular weight excluding hydrogens is 575 g/mol. The number of ether oxygens (including phenoxy) is 2. The molecule has 1 N–H and O–H groups in total. The molecule has 0 spiro atoms. The van der Waals surface area contributed by atoms with Crippen molar-refractivity contribution in [2.24, 2.45) is 0 Å². The monoisotopic (exact) mass is 612 g/mol. The molecule has 234 valence electrons. The van der Waals surface area contributed by atoms with Crippen LogP contribution >= 0.6 is 0 Å². The van der Waals surface area contributed by atoms with Crippen molar-refractivity contribution >= 4 is 17.9 Å². The van der Waals surface area contributed by atoms with Crippen LogP contribution in [0.2, 0.25) is 0 Å². The van der Waals surface area contributed by atoms with Crippen LogP contribution in [0.3, 0.4) is 0 Å². The second kappa shape index (κ2) is 14.2. The van der Waals surface area contributed by atoms with E-state index in [9.17, 15) is 18.8 Å². The van der Waals surface area contributed by atoms with Crippen LogP contribution in [0.5, 0.6) is 11.5 Å². The predicted octanol–water partition coefficient (Wildman–Crippen LogP) is 5.53. The van der Waals surface area contributed by atoms with E-state index in [1.165, 1.54) is 23.1 Å². The van der Waals surface area contributed by atoms with Gasteiger partial charge in [0.1, 0.15) is 17.3 Å². The van der Waals surface area contributed by atoms with Gasteiger partial charge in [0.25, 0.3) is 5.91 Å². The average molecular weight is 613 g/mol. The number of esters is 1. The van der Waals surface area contributed by atoms with Crippen LogP contribution in [0.25, 0.3) is 0 Å². The summed E-state index contributed by atoms with van der Waals surface area (Å²) >= 11 is 0. The smallest absolute Gasteiger partial charge is 0.338 e. The minimum atomic E-state index is -0.791. The molecule has 3 aromatic rings. The van der Waals surface area contributed by atoms with Crippen molar-refractivity contribution in [3.8, 4) is 11.5 Å². The number of piperazine rings is 1. The average Bonchev–Trinajstić information content (AvgIpc) is 3.03. The topological polar surface area (TPSA) is 91.4 Å². The number of para-hydroxylation sites is 1. The quantitative estimate of drug-likeness (QED) is 0.239. The molecule has 2 heterocycles. The SMILES string of the molecule is C=CCN1C(=O)NC(c2cccc(Oc3ccccc3)c2)C(C(=O)OCC)=C1CN1CCN(C(=O)c2cccc(F)c2)C(C)C1. The lowest BCUT2D eigenvalue weighted by Crippen LogP contribution is -2.56. The Bertz CT molecular complexity index is 1590. The number of hydrogen-bond acceptors (Lipinski definition) is 6. The molecule has 0 radical (unpaired) electrons. The fourth-order valence-corrected chi connectivity index (χ4v) is 5.76. The van der Waals surface area contributed by atoms with Gasteiger partial charge in [-0.05, 0) is 61.9 Å². The number of carbonyl (C=O) groups excluding carboxylic acids is 3. The van der Waals surface area contributed by atoms with E-state index in [1.54, 1.807) is 30.0 Å². The van der Waals surface area contributed by atoms with E-state index in [-0.39, 0.29) is 37.7 Å². The maximum atomic E-state index is 13.8. The maximum Gasteiger partial charge on any atom is 0.338 e. The molecule has 2 atom stereocenters. The second-order valence-corrected chi connectivity index (χ2v) is 10.9. The molecule has 2 aliphatic heterocycles. The molecule has 2 aliphatic rings. The van der Waals surface area contributed by atoms with Crippen molar-refractivity contribution < 1.29 is 28.2 Å². The van der Waals surface area contributed by atoms with Gasteiger partial charge in [0, 0.05) is 50.0 Å². The number of carbonyl (C=O) groups is 3. The van der Waals surface area contributed by atoms with E-state index < -0.39 is 17.8 Å². The summed E-state index contributed by atoms with van der Waals surface area (Å²) in [4.78, 5) is 45.7. The summed E-state index contributed by atoms with van der Waals surface area (Å²) in [5.41, 5.74) is 1.79. The molecule has 3 aromatic carbocycles. The molecule has 0 saturated carbocycles. The van der Waals surface area contributed by atoms with Crippen LogP contribution in [0.15, 0.2) is 103 Å². The zero-order chi connectivity index (χ0) is 31.9. The van der Waals surface area contributed by atoms with Gasteiger partial charge >= 0.3 is 12.0 Å². The summed E-state index contributed by atoms with van der Waals surface area (Å²) in [5.74, 6) is -0.0234. The van der Waals surface area contributed by atoms with E-state index in [0.29, 0.717) is 53.5 Å². The van der Waals surface area contributed by atoms with E-state index in [2.05, 4.69) is 16.8 Å². The number of benzene rings is 3. The standard InChI is InChI=1S/C35H37FN4O5/c1-4-17-40-30(23-38-18-19-39(24(3)22-38)33(41)26-12-9-13-27(36)20-26)31(34(42)44-5-2)32(37-35(40)43)25-11-10-16-29(21-25)45-28-14-7-6-8-15-28/h4,6-16,20-21,24,32H,1,5,17-19,22-23H2,2-3H3,(H,37,43). The van der Waals surface area contributed by atoms with Crippen LogP contribution in [-0.4, -0.2) is 78.0 Å². The van der Waals surface area contributed by atoms with E-state index >= 15 is 0 Å². The van der Waals surface area contributed by atoms with Gasteiger partial charge in [-0.25, -0.2) is 14.0 Å². The number of urea groups is 1. The Morgan fingerprint density at radius 1 is 1.02 bits per heavy atom. The molecule has 9 nitrogen and oxygen atoms in total. The van der Waals surface area contributed by atoms with Gasteiger partial charge in [0.2, 0.25) is 0 Å². The molecule has 2 unspecified atom stereocenters. The molecule has 10 heteroatoms. The van der Waals surface area contributed by atoms with Crippen molar-refractivity contribution in [3.63, 3.8) is 0 Å². The Labute approximate surface area is 262 Å². The van der Waals surface area contributed by atoms with Gasteiger partial charge < -0.3 is 19.7 Å². The fraction of sp³-hybridized carbons (Fsp3) is 0.286. The highest BCUT2D eigenvalue weighted by molar-refractivity contribution is 5.96. The third-order valence-electron chi connectivity index (χ3n) is 7.83. The summed E-state index contributed by atoms with van der Waals surface area (Å²) in [6.07, 6.45) is 1.61. The van der Waals surface area contributed by atoms with E-state index in [1.807, 2.05) is 55.5 Å². The summed E-state index contributed by atoms with van der Waals surface area (Å²) in [6, 6.07) is 20.9. The van der Waals surface area contributed by atoms with Crippen molar-refractivity contribution in [2.45, 2.75) is 25.9 Å². The Morgan fingerprint density at radius 2 is 1.78 bits per heavy atom. The van der Waals surface area contributed by atoms with Crippen LogP contribution in [-0.2, 0) is 9.53 Å². The lowest BCUT2D eigenvalue weighted by molar-refractivity contribution is -0.139. The van der Waals surface area contributed by atoms with Crippen molar-refractivity contribution in [2.75, 3.05) is 39.3 Å². The molecular formula is C35H37FN4O5. The molecule has 1 saturated heterocycles. The lowest BCUT2D eigenvalue weighted by atomic mass is 9.93. The third-order valence-corrected chi connectivity index (χ3v) is 7.83. The lowest BCUT2D eigenvalue weighted by Gasteiger charge is -2.43. The first-order valence-corrected chi connectivity index (χ1v) is 15.0. The Balaban J connectivity index is 1.45. The number of nitrogens with one attached hydrogen (secondary N) is 1. The van der Waals surface area contributed by atoms with Gasteiger partial charge in [0.15, 0.2) is 0 Å². The van der Waals surface area contributed by atoms with E-state index in [4.69, 9.17) is 9.47 Å². The first kappa shape index (κ1) is 31.5. The molecule has 3 amide bonds. The van der Waals surface area contributed by atoms with Crippen LogP contribution in [0, 0.1) is 5.82 Å². The largest absolute Gasteiger partial charge is 0.463 e. The summed E-state index contributed by atoms with van der Waals surface area (Å²) < 4.78 is 25.4. The number of halogens is 1. The summed E-state index contributed by atoms with van der Waals surface area (Å²) in [7, 11) is 0. The van der Waals surface area contributed by atoms with Crippen LogP contribution in [0.1, 0.15) is 35.8 Å². The molecule has 0 aromatic heterocycles. The molecule has 5 rings (SSSR count).